The van der Waals surface area contributed by atoms with E-state index >= 15 is 0 Å². The van der Waals surface area contributed by atoms with Gasteiger partial charge in [0.2, 0.25) is 0 Å². The summed E-state index contributed by atoms with van der Waals surface area (Å²) >= 11 is 0. The van der Waals surface area contributed by atoms with E-state index in [1.165, 1.54) is 64.5 Å². The zero-order valence-corrected chi connectivity index (χ0v) is 11.8. The van der Waals surface area contributed by atoms with Gasteiger partial charge in [0, 0.05) is 18.6 Å². The Morgan fingerprint density at radius 1 is 1.06 bits per heavy atom. The molecule has 2 atom stereocenters. The van der Waals surface area contributed by atoms with E-state index < -0.39 is 0 Å². The Hall–Kier alpha value is -0.0800. The fourth-order valence-electron chi connectivity index (χ4n) is 3.69. The van der Waals surface area contributed by atoms with Gasteiger partial charge in [-0.05, 0) is 52.1 Å². The largest absolute Gasteiger partial charge is 0.315 e. The second-order valence-electron chi connectivity index (χ2n) is 6.13. The topological polar surface area (TPSA) is 15.3 Å². The van der Waals surface area contributed by atoms with Gasteiger partial charge in [-0.15, -0.1) is 0 Å². The van der Waals surface area contributed by atoms with Crippen LogP contribution in [0.4, 0.5) is 0 Å². The monoisotopic (exact) mass is 238 g/mol. The summed E-state index contributed by atoms with van der Waals surface area (Å²) < 4.78 is 0. The maximum Gasteiger partial charge on any atom is 0.0220 e. The molecule has 2 fully saturated rings. The number of hydrogen-bond donors (Lipinski definition) is 1. The molecular weight excluding hydrogens is 208 g/mol. The summed E-state index contributed by atoms with van der Waals surface area (Å²) in [4.78, 5) is 2.72. The van der Waals surface area contributed by atoms with E-state index in [0.29, 0.717) is 0 Å². The third kappa shape index (κ3) is 3.69. The lowest BCUT2D eigenvalue weighted by atomic mass is 9.83. The quantitative estimate of drug-likeness (QED) is 0.810. The van der Waals surface area contributed by atoms with Crippen LogP contribution in [0.5, 0.6) is 0 Å². The second kappa shape index (κ2) is 6.75. The fraction of sp³-hybridized carbons (Fsp3) is 1.00. The van der Waals surface area contributed by atoms with Crippen molar-refractivity contribution in [2.45, 2.75) is 70.4 Å². The first kappa shape index (κ1) is 13.4. The van der Waals surface area contributed by atoms with Gasteiger partial charge in [0.25, 0.3) is 0 Å². The van der Waals surface area contributed by atoms with Crippen LogP contribution in [0.3, 0.4) is 0 Å². The summed E-state index contributed by atoms with van der Waals surface area (Å²) in [5.41, 5.74) is 0. The number of likely N-dealkylation sites (tertiary alicyclic amines) is 1. The summed E-state index contributed by atoms with van der Waals surface area (Å²) in [5.74, 6) is 0.933. The Bertz CT molecular complexity index is 211. The van der Waals surface area contributed by atoms with Gasteiger partial charge in [-0.1, -0.05) is 25.7 Å². The van der Waals surface area contributed by atoms with Crippen molar-refractivity contribution < 1.29 is 0 Å². The lowest BCUT2D eigenvalue weighted by molar-refractivity contribution is 0.122. The Labute approximate surface area is 107 Å². The van der Waals surface area contributed by atoms with Crippen LogP contribution in [0.2, 0.25) is 0 Å². The first-order valence-corrected chi connectivity index (χ1v) is 7.72. The van der Waals surface area contributed by atoms with Crippen LogP contribution in [0.1, 0.15) is 58.3 Å². The molecule has 1 saturated carbocycles. The summed E-state index contributed by atoms with van der Waals surface area (Å²) in [6.07, 6.45) is 11.5. The average molecular weight is 238 g/mol. The van der Waals surface area contributed by atoms with Crippen molar-refractivity contribution in [1.82, 2.24) is 10.2 Å². The number of likely N-dealkylation sites (N-methyl/N-ethyl adjacent to an activating group) is 1. The molecule has 0 bridgehead atoms. The fourth-order valence-corrected chi connectivity index (χ4v) is 3.69. The molecule has 2 rings (SSSR count). The molecule has 0 aromatic rings. The van der Waals surface area contributed by atoms with Crippen molar-refractivity contribution in [3.8, 4) is 0 Å². The van der Waals surface area contributed by atoms with Gasteiger partial charge in [0.1, 0.15) is 0 Å². The summed E-state index contributed by atoms with van der Waals surface area (Å²) in [6.45, 7) is 5.02. The molecule has 0 aromatic carbocycles. The van der Waals surface area contributed by atoms with Crippen molar-refractivity contribution in [3.05, 3.63) is 0 Å². The van der Waals surface area contributed by atoms with E-state index in [9.17, 15) is 0 Å². The second-order valence-corrected chi connectivity index (χ2v) is 6.13. The number of piperidine rings is 1. The van der Waals surface area contributed by atoms with Crippen molar-refractivity contribution in [2.75, 3.05) is 20.1 Å². The Balaban J connectivity index is 1.84. The van der Waals surface area contributed by atoms with Crippen LogP contribution in [-0.4, -0.2) is 37.1 Å². The minimum atomic E-state index is 0.732. The molecule has 17 heavy (non-hydrogen) atoms. The third-order valence-electron chi connectivity index (χ3n) is 4.96. The number of rotatable bonds is 4. The summed E-state index contributed by atoms with van der Waals surface area (Å²) in [5, 5.41) is 3.60. The maximum atomic E-state index is 3.60. The number of hydrogen-bond acceptors (Lipinski definition) is 2. The van der Waals surface area contributed by atoms with Gasteiger partial charge in [-0.2, -0.15) is 0 Å². The van der Waals surface area contributed by atoms with E-state index in [1.807, 2.05) is 0 Å². The van der Waals surface area contributed by atoms with Crippen LogP contribution >= 0.6 is 0 Å². The Morgan fingerprint density at radius 2 is 1.76 bits per heavy atom. The molecule has 1 heterocycles. The van der Waals surface area contributed by atoms with Gasteiger partial charge < -0.3 is 5.32 Å². The molecule has 1 saturated heterocycles. The van der Waals surface area contributed by atoms with Gasteiger partial charge in [0.05, 0.1) is 0 Å². The molecule has 0 spiro atoms. The van der Waals surface area contributed by atoms with Gasteiger partial charge >= 0.3 is 0 Å². The molecule has 2 unspecified atom stereocenters. The van der Waals surface area contributed by atoms with Gasteiger partial charge in [-0.3, -0.25) is 4.90 Å². The third-order valence-corrected chi connectivity index (χ3v) is 4.96. The van der Waals surface area contributed by atoms with Crippen LogP contribution in [0, 0.1) is 5.92 Å². The molecule has 0 aromatic heterocycles. The molecule has 2 aliphatic rings. The number of nitrogens with zero attached hydrogens (tertiary/aromatic N) is 1. The maximum absolute atomic E-state index is 3.60. The molecule has 0 amide bonds. The highest BCUT2D eigenvalue weighted by atomic mass is 15.2. The Morgan fingerprint density at radius 3 is 2.41 bits per heavy atom. The van der Waals surface area contributed by atoms with Crippen molar-refractivity contribution in [1.29, 1.82) is 0 Å². The van der Waals surface area contributed by atoms with Crippen LogP contribution in [0.15, 0.2) is 0 Å². The molecular formula is C15H30N2. The number of nitrogens with one attached hydrogen (secondary N) is 1. The molecule has 2 heteroatoms. The zero-order valence-electron chi connectivity index (χ0n) is 11.8. The molecule has 2 nitrogen and oxygen atoms in total. The Kier molecular flexibility index (Phi) is 5.30. The zero-order chi connectivity index (χ0) is 12.1. The van der Waals surface area contributed by atoms with Crippen molar-refractivity contribution in [3.63, 3.8) is 0 Å². The SMILES string of the molecule is CNC(CN1CCCCC1C)C1CCCCC1. The molecule has 1 N–H and O–H groups in total. The average Bonchev–Trinajstić information content (AvgIpc) is 2.39. The normalized spacial score (nSPS) is 30.4. The lowest BCUT2D eigenvalue weighted by Gasteiger charge is -2.39. The molecule has 1 aliphatic carbocycles. The standard InChI is InChI=1S/C15H30N2/c1-13-8-6-7-11-17(13)12-15(16-2)14-9-4-3-5-10-14/h13-16H,3-12H2,1-2H3. The van der Waals surface area contributed by atoms with E-state index in [0.717, 1.165) is 18.0 Å². The van der Waals surface area contributed by atoms with Gasteiger partial charge in [-0.25, -0.2) is 0 Å². The predicted octanol–water partition coefficient (Wildman–Crippen LogP) is 3.03. The first-order valence-electron chi connectivity index (χ1n) is 7.72. The van der Waals surface area contributed by atoms with Crippen molar-refractivity contribution >= 4 is 0 Å². The van der Waals surface area contributed by atoms with Gasteiger partial charge in [0.15, 0.2) is 0 Å². The van der Waals surface area contributed by atoms with Crippen LogP contribution < -0.4 is 5.32 Å². The molecule has 1 aliphatic heterocycles. The highest BCUT2D eigenvalue weighted by Crippen LogP contribution is 2.28. The van der Waals surface area contributed by atoms with E-state index in [1.54, 1.807) is 0 Å². The van der Waals surface area contributed by atoms with Crippen LogP contribution in [0.25, 0.3) is 0 Å². The first-order chi connectivity index (χ1) is 8.31. The minimum absolute atomic E-state index is 0.732. The smallest absolute Gasteiger partial charge is 0.0220 e. The summed E-state index contributed by atoms with van der Waals surface area (Å²) in [6, 6.07) is 1.54. The van der Waals surface area contributed by atoms with E-state index in [-0.39, 0.29) is 0 Å². The predicted molar refractivity (Wildman–Crippen MR) is 74.3 cm³/mol. The molecule has 100 valence electrons. The molecule has 0 radical (unpaired) electrons. The van der Waals surface area contributed by atoms with E-state index in [2.05, 4.69) is 24.2 Å². The van der Waals surface area contributed by atoms with Crippen molar-refractivity contribution in [2.24, 2.45) is 5.92 Å². The minimum Gasteiger partial charge on any atom is -0.315 e. The van der Waals surface area contributed by atoms with Crippen LogP contribution in [-0.2, 0) is 0 Å². The summed E-state index contributed by atoms with van der Waals surface area (Å²) in [7, 11) is 2.16. The highest BCUT2D eigenvalue weighted by Gasteiger charge is 2.27. The lowest BCUT2D eigenvalue weighted by Crippen LogP contribution is -2.49. The van der Waals surface area contributed by atoms with E-state index in [4.69, 9.17) is 0 Å². The highest BCUT2D eigenvalue weighted by molar-refractivity contribution is 4.84.